The van der Waals surface area contributed by atoms with Gasteiger partial charge in [-0.1, -0.05) is 32.4 Å². The summed E-state index contributed by atoms with van der Waals surface area (Å²) in [6.45, 7) is 11.8. The number of aromatic nitrogens is 3. The van der Waals surface area contributed by atoms with Crippen molar-refractivity contribution < 1.29 is 19.1 Å². The Morgan fingerprint density at radius 2 is 1.87 bits per heavy atom. The van der Waals surface area contributed by atoms with Crippen LogP contribution in [0.1, 0.15) is 49.7 Å². The summed E-state index contributed by atoms with van der Waals surface area (Å²) >= 11 is 6.50. The number of fused-ring (bicyclic) bond motifs is 1. The summed E-state index contributed by atoms with van der Waals surface area (Å²) < 4.78 is 12.2. The molecule has 0 aliphatic carbocycles. The normalized spacial score (nSPS) is 14.5. The van der Waals surface area contributed by atoms with Crippen molar-refractivity contribution in [2.24, 2.45) is 5.73 Å². The Bertz CT molecular complexity index is 1700. The molecule has 0 atom stereocenters. The standard InChI is InChI=1S/C33H41ClN8O4/c1-33(2,3)29-20-30(40-39-29)38-32(44)37-25-8-7-21(17-24(25)34)46-27-9-10-36-26-19-28(23(31(35)43)18-22(26)27)45-16-6-13-42-12-5-11-41(4)14-15-42/h7-10,17-20H,5-6,11-16H2,1-4H3,(H2,35,43)(H3,37,38,39,40,44). The smallest absolute Gasteiger partial charge is 0.324 e. The maximum Gasteiger partial charge on any atom is 0.324 e. The summed E-state index contributed by atoms with van der Waals surface area (Å²) in [5.41, 5.74) is 7.73. The molecular weight excluding hydrogens is 608 g/mol. The van der Waals surface area contributed by atoms with E-state index in [0.717, 1.165) is 51.3 Å². The Hall–Kier alpha value is -4.39. The van der Waals surface area contributed by atoms with E-state index in [1.54, 1.807) is 48.7 Å². The number of rotatable bonds is 10. The number of aromatic amines is 1. The van der Waals surface area contributed by atoms with Crippen molar-refractivity contribution in [3.8, 4) is 17.2 Å². The largest absolute Gasteiger partial charge is 0.493 e. The summed E-state index contributed by atoms with van der Waals surface area (Å²) in [6, 6.07) is 11.2. The van der Waals surface area contributed by atoms with Gasteiger partial charge < -0.3 is 30.3 Å². The summed E-state index contributed by atoms with van der Waals surface area (Å²) in [5, 5.41) is 13.4. The number of carbonyl (C=O) groups is 2. The third-order valence-electron chi connectivity index (χ3n) is 7.80. The molecule has 13 heteroatoms. The second-order valence-electron chi connectivity index (χ2n) is 12.5. The molecule has 0 saturated carbocycles. The molecular formula is C33H41ClN8O4. The molecule has 1 saturated heterocycles. The predicted octanol–water partition coefficient (Wildman–Crippen LogP) is 5.85. The van der Waals surface area contributed by atoms with Crippen molar-refractivity contribution in [3.63, 3.8) is 0 Å². The number of likely N-dealkylation sites (N-methyl/N-ethyl adjacent to an activating group) is 1. The van der Waals surface area contributed by atoms with Gasteiger partial charge in [-0.05, 0) is 57.2 Å². The molecule has 2 aromatic heterocycles. The lowest BCUT2D eigenvalue weighted by Crippen LogP contribution is -2.30. The molecule has 3 heterocycles. The molecule has 12 nitrogen and oxygen atoms in total. The van der Waals surface area contributed by atoms with Crippen LogP contribution in [0, 0.1) is 0 Å². The summed E-state index contributed by atoms with van der Waals surface area (Å²) in [6.07, 6.45) is 3.59. The minimum absolute atomic E-state index is 0.135. The SMILES string of the molecule is CN1CCCN(CCCOc2cc3nccc(Oc4ccc(NC(=O)Nc5cc(C(C)(C)C)[nH]n5)c(Cl)c4)c3cc2C(N)=O)CC1. The Kier molecular flexibility index (Phi) is 10.3. The Balaban J connectivity index is 1.24. The van der Waals surface area contributed by atoms with E-state index in [-0.39, 0.29) is 16.0 Å². The number of benzene rings is 2. The number of ether oxygens (including phenoxy) is 2. The maximum absolute atomic E-state index is 12.6. The zero-order chi connectivity index (χ0) is 32.8. The van der Waals surface area contributed by atoms with Gasteiger partial charge in [0.15, 0.2) is 5.82 Å². The van der Waals surface area contributed by atoms with E-state index >= 15 is 0 Å². The zero-order valence-electron chi connectivity index (χ0n) is 26.7. The monoisotopic (exact) mass is 648 g/mol. The van der Waals surface area contributed by atoms with Crippen molar-refractivity contribution >= 4 is 45.9 Å². The van der Waals surface area contributed by atoms with Gasteiger partial charge >= 0.3 is 6.03 Å². The van der Waals surface area contributed by atoms with E-state index in [1.807, 2.05) is 20.8 Å². The highest BCUT2D eigenvalue weighted by molar-refractivity contribution is 6.34. The van der Waals surface area contributed by atoms with Crippen LogP contribution in [0.5, 0.6) is 17.2 Å². The number of nitrogens with two attached hydrogens (primary N) is 1. The molecule has 3 amide bonds. The molecule has 46 heavy (non-hydrogen) atoms. The van der Waals surface area contributed by atoms with Crippen LogP contribution in [0.2, 0.25) is 5.02 Å². The van der Waals surface area contributed by atoms with Gasteiger partial charge in [-0.25, -0.2) is 4.79 Å². The number of pyridine rings is 1. The second-order valence-corrected chi connectivity index (χ2v) is 12.9. The van der Waals surface area contributed by atoms with E-state index in [0.29, 0.717) is 46.3 Å². The second kappa shape index (κ2) is 14.4. The van der Waals surface area contributed by atoms with Gasteiger partial charge in [-0.2, -0.15) is 5.10 Å². The lowest BCUT2D eigenvalue weighted by molar-refractivity contribution is 0.0996. The Labute approximate surface area is 273 Å². The molecule has 0 bridgehead atoms. The van der Waals surface area contributed by atoms with Crippen LogP contribution in [-0.2, 0) is 5.41 Å². The Morgan fingerprint density at radius 3 is 2.61 bits per heavy atom. The average Bonchev–Trinajstić information content (AvgIpc) is 3.38. The first-order valence-electron chi connectivity index (χ1n) is 15.3. The van der Waals surface area contributed by atoms with E-state index in [2.05, 4.69) is 42.7 Å². The van der Waals surface area contributed by atoms with Crippen LogP contribution in [0.15, 0.2) is 48.7 Å². The lowest BCUT2D eigenvalue weighted by atomic mass is 9.92. The van der Waals surface area contributed by atoms with Gasteiger partial charge in [0.05, 0.1) is 28.4 Å². The van der Waals surface area contributed by atoms with Gasteiger partial charge in [0.1, 0.15) is 17.2 Å². The Morgan fingerprint density at radius 1 is 1.04 bits per heavy atom. The van der Waals surface area contributed by atoms with Crippen LogP contribution < -0.4 is 25.8 Å². The number of halogens is 1. The van der Waals surface area contributed by atoms with Crippen LogP contribution in [0.25, 0.3) is 10.9 Å². The number of urea groups is 1. The number of nitrogens with one attached hydrogen (secondary N) is 3. The topological polar surface area (TPSA) is 151 Å². The van der Waals surface area contributed by atoms with Gasteiger partial charge in [-0.15, -0.1) is 0 Å². The number of anilines is 2. The molecule has 0 unspecified atom stereocenters. The number of amides is 3. The van der Waals surface area contributed by atoms with Crippen LogP contribution >= 0.6 is 11.6 Å². The molecule has 1 fully saturated rings. The van der Waals surface area contributed by atoms with E-state index in [9.17, 15) is 9.59 Å². The summed E-state index contributed by atoms with van der Waals surface area (Å²) in [7, 11) is 2.15. The van der Waals surface area contributed by atoms with Gasteiger partial charge in [0, 0.05) is 60.5 Å². The first-order valence-corrected chi connectivity index (χ1v) is 15.7. The number of H-pyrrole nitrogens is 1. The highest BCUT2D eigenvalue weighted by Gasteiger charge is 2.19. The van der Waals surface area contributed by atoms with Crippen molar-refractivity contribution in [2.75, 3.05) is 57.0 Å². The van der Waals surface area contributed by atoms with E-state index in [4.69, 9.17) is 26.8 Å². The van der Waals surface area contributed by atoms with Crippen molar-refractivity contribution in [2.45, 2.75) is 39.0 Å². The van der Waals surface area contributed by atoms with Crippen molar-refractivity contribution in [1.82, 2.24) is 25.0 Å². The number of primary amides is 1. The molecule has 0 spiro atoms. The minimum atomic E-state index is -0.608. The van der Waals surface area contributed by atoms with Crippen LogP contribution in [0.3, 0.4) is 0 Å². The number of nitrogens with zero attached hydrogens (tertiary/aromatic N) is 4. The van der Waals surface area contributed by atoms with Gasteiger partial charge in [0.25, 0.3) is 5.91 Å². The molecule has 4 aromatic rings. The first kappa shape index (κ1) is 33.0. The summed E-state index contributed by atoms with van der Waals surface area (Å²) in [4.78, 5) is 34.3. The molecule has 0 radical (unpaired) electrons. The predicted molar refractivity (Wildman–Crippen MR) is 180 cm³/mol. The average molecular weight is 649 g/mol. The molecule has 1 aliphatic heterocycles. The third kappa shape index (κ3) is 8.45. The fourth-order valence-electron chi connectivity index (χ4n) is 5.17. The number of hydrogen-bond donors (Lipinski definition) is 4. The zero-order valence-corrected chi connectivity index (χ0v) is 27.4. The first-order chi connectivity index (χ1) is 22.0. The van der Waals surface area contributed by atoms with Gasteiger partial charge in [-0.3, -0.25) is 20.2 Å². The fourth-order valence-corrected chi connectivity index (χ4v) is 5.39. The minimum Gasteiger partial charge on any atom is -0.493 e. The maximum atomic E-state index is 12.6. The molecule has 2 aromatic carbocycles. The van der Waals surface area contributed by atoms with E-state index < -0.39 is 11.9 Å². The summed E-state index contributed by atoms with van der Waals surface area (Å²) in [5.74, 6) is 1.05. The van der Waals surface area contributed by atoms with Crippen molar-refractivity contribution in [3.05, 3.63) is 64.9 Å². The molecule has 244 valence electrons. The molecule has 1 aliphatic rings. The highest BCUT2D eigenvalue weighted by Crippen LogP contribution is 2.35. The number of carbonyl (C=O) groups excluding carboxylic acids is 2. The quantitative estimate of drug-likeness (QED) is 0.156. The van der Waals surface area contributed by atoms with Crippen LogP contribution in [-0.4, -0.2) is 83.3 Å². The van der Waals surface area contributed by atoms with Crippen molar-refractivity contribution in [1.29, 1.82) is 0 Å². The van der Waals surface area contributed by atoms with Gasteiger partial charge in [0.2, 0.25) is 0 Å². The fraction of sp³-hybridized carbons (Fsp3) is 0.394. The number of hydrogen-bond acceptors (Lipinski definition) is 8. The molecule has 5 N–H and O–H groups in total. The molecule has 5 rings (SSSR count). The highest BCUT2D eigenvalue weighted by atomic mass is 35.5. The third-order valence-corrected chi connectivity index (χ3v) is 8.11. The van der Waals surface area contributed by atoms with Crippen LogP contribution in [0.4, 0.5) is 16.3 Å². The van der Waals surface area contributed by atoms with E-state index in [1.165, 1.54) is 0 Å². The lowest BCUT2D eigenvalue weighted by Gasteiger charge is -2.20.